The second-order valence-corrected chi connectivity index (χ2v) is 7.67. The van der Waals surface area contributed by atoms with Gasteiger partial charge in [-0.1, -0.05) is 18.5 Å². The quantitative estimate of drug-likeness (QED) is 0.769. The summed E-state index contributed by atoms with van der Waals surface area (Å²) in [6.45, 7) is 6.74. The number of hydrogen-bond donors (Lipinski definition) is 1. The molecule has 27 heavy (non-hydrogen) atoms. The fourth-order valence-corrected chi connectivity index (χ4v) is 3.45. The van der Waals surface area contributed by atoms with E-state index >= 15 is 0 Å². The van der Waals surface area contributed by atoms with Crippen LogP contribution in [0.4, 0.5) is 0 Å². The van der Waals surface area contributed by atoms with Crippen molar-refractivity contribution < 1.29 is 13.9 Å². The third-order valence-corrected chi connectivity index (χ3v) is 5.28. The summed E-state index contributed by atoms with van der Waals surface area (Å²) in [5.41, 5.74) is 0. The number of likely N-dealkylation sites (tertiary alicyclic amines) is 1. The van der Waals surface area contributed by atoms with Crippen molar-refractivity contribution >= 4 is 17.5 Å². The summed E-state index contributed by atoms with van der Waals surface area (Å²) in [4.78, 5) is 14.6. The molecule has 0 spiro atoms. The Bertz CT molecular complexity index is 736. The lowest BCUT2D eigenvalue weighted by atomic mass is 9.97. The van der Waals surface area contributed by atoms with Gasteiger partial charge in [0, 0.05) is 11.6 Å². The van der Waals surface area contributed by atoms with Gasteiger partial charge < -0.3 is 14.5 Å². The van der Waals surface area contributed by atoms with Crippen molar-refractivity contribution in [2.45, 2.75) is 32.7 Å². The van der Waals surface area contributed by atoms with Gasteiger partial charge in [0.2, 0.25) is 0 Å². The van der Waals surface area contributed by atoms with Crippen LogP contribution in [-0.4, -0.2) is 37.0 Å². The highest BCUT2D eigenvalue weighted by Crippen LogP contribution is 2.27. The molecule has 6 heteroatoms. The van der Waals surface area contributed by atoms with Gasteiger partial charge in [0.05, 0.1) is 6.04 Å². The van der Waals surface area contributed by atoms with E-state index in [-0.39, 0.29) is 18.6 Å². The summed E-state index contributed by atoms with van der Waals surface area (Å²) in [5, 5.41) is 3.63. The smallest absolute Gasteiger partial charge is 0.258 e. The second-order valence-electron chi connectivity index (χ2n) is 7.23. The van der Waals surface area contributed by atoms with Crippen LogP contribution >= 0.6 is 11.6 Å². The monoisotopic (exact) mass is 390 g/mol. The van der Waals surface area contributed by atoms with Crippen molar-refractivity contribution in [2.75, 3.05) is 26.2 Å². The first-order valence-electron chi connectivity index (χ1n) is 9.46. The Kier molecular flexibility index (Phi) is 6.80. The predicted octanol–water partition coefficient (Wildman–Crippen LogP) is 4.21. The third-order valence-electron chi connectivity index (χ3n) is 5.02. The fraction of sp³-hybridized carbons (Fsp3) is 0.476. The van der Waals surface area contributed by atoms with E-state index in [1.807, 2.05) is 19.1 Å². The van der Waals surface area contributed by atoms with Crippen LogP contribution in [0.2, 0.25) is 5.02 Å². The summed E-state index contributed by atoms with van der Waals surface area (Å²) in [7, 11) is 0. The number of nitrogens with one attached hydrogen (secondary N) is 1. The van der Waals surface area contributed by atoms with Crippen molar-refractivity contribution in [3.63, 3.8) is 0 Å². The minimum absolute atomic E-state index is 0.0252. The summed E-state index contributed by atoms with van der Waals surface area (Å²) in [5.74, 6) is 3.02. The normalized spacial score (nSPS) is 16.9. The van der Waals surface area contributed by atoms with Gasteiger partial charge in [0.15, 0.2) is 6.61 Å². The third kappa shape index (κ3) is 5.75. The first-order chi connectivity index (χ1) is 13.0. The van der Waals surface area contributed by atoms with E-state index in [2.05, 4.69) is 17.1 Å². The number of furan rings is 1. The van der Waals surface area contributed by atoms with Gasteiger partial charge in [-0.15, -0.1) is 0 Å². The average molecular weight is 391 g/mol. The molecule has 1 aliphatic heterocycles. The Balaban J connectivity index is 1.55. The Morgan fingerprint density at radius 3 is 2.59 bits per heavy atom. The predicted molar refractivity (Wildman–Crippen MR) is 106 cm³/mol. The van der Waals surface area contributed by atoms with E-state index in [4.69, 9.17) is 20.8 Å². The number of nitrogens with zero attached hydrogens (tertiary/aromatic N) is 1. The lowest BCUT2D eigenvalue weighted by molar-refractivity contribution is -0.123. The molecule has 1 aromatic heterocycles. The molecule has 0 aliphatic carbocycles. The lowest BCUT2D eigenvalue weighted by Crippen LogP contribution is -2.42. The molecule has 2 aromatic rings. The molecule has 3 rings (SSSR count). The van der Waals surface area contributed by atoms with Crippen LogP contribution in [0.1, 0.15) is 37.3 Å². The number of amides is 1. The van der Waals surface area contributed by atoms with Gasteiger partial charge in [0.1, 0.15) is 17.3 Å². The summed E-state index contributed by atoms with van der Waals surface area (Å²) in [6.07, 6.45) is 2.34. The summed E-state index contributed by atoms with van der Waals surface area (Å²) >= 11 is 5.85. The lowest BCUT2D eigenvalue weighted by Gasteiger charge is -2.35. The van der Waals surface area contributed by atoms with Gasteiger partial charge in [-0.25, -0.2) is 0 Å². The Morgan fingerprint density at radius 1 is 1.26 bits per heavy atom. The Labute approximate surface area is 165 Å². The van der Waals surface area contributed by atoms with Crippen molar-refractivity contribution in [1.29, 1.82) is 0 Å². The average Bonchev–Trinajstić information content (AvgIpc) is 3.09. The topological polar surface area (TPSA) is 54.7 Å². The van der Waals surface area contributed by atoms with Crippen LogP contribution in [0, 0.1) is 12.8 Å². The SMILES string of the molecule is Cc1ccc(C(CNC(=O)COc2ccc(Cl)cc2)N2CCC(C)CC2)o1. The second kappa shape index (κ2) is 9.29. The first kappa shape index (κ1) is 19.8. The van der Waals surface area contributed by atoms with Crippen LogP contribution in [0.25, 0.3) is 0 Å². The first-order valence-corrected chi connectivity index (χ1v) is 9.84. The highest BCUT2D eigenvalue weighted by Gasteiger charge is 2.27. The number of halogens is 1. The highest BCUT2D eigenvalue weighted by atomic mass is 35.5. The van der Waals surface area contributed by atoms with Crippen molar-refractivity contribution in [1.82, 2.24) is 10.2 Å². The molecule has 1 aromatic carbocycles. The van der Waals surface area contributed by atoms with Crippen molar-refractivity contribution in [2.24, 2.45) is 5.92 Å². The number of carbonyl (C=O) groups is 1. The van der Waals surface area contributed by atoms with Crippen molar-refractivity contribution in [3.8, 4) is 5.75 Å². The molecular formula is C21H27ClN2O3. The van der Waals surface area contributed by atoms with Crippen LogP contribution < -0.4 is 10.1 Å². The molecule has 1 saturated heterocycles. The Hall–Kier alpha value is -1.98. The van der Waals surface area contributed by atoms with E-state index in [1.165, 1.54) is 12.8 Å². The van der Waals surface area contributed by atoms with Crippen LogP contribution in [0.3, 0.4) is 0 Å². The molecule has 1 atom stereocenters. The molecule has 5 nitrogen and oxygen atoms in total. The molecule has 0 bridgehead atoms. The maximum atomic E-state index is 12.2. The largest absolute Gasteiger partial charge is 0.484 e. The standard InChI is InChI=1S/C21H27ClN2O3/c1-15-9-11-24(12-10-15)19(20-8-3-16(2)27-20)13-23-21(25)14-26-18-6-4-17(22)5-7-18/h3-8,15,19H,9-14H2,1-2H3,(H,23,25). The molecule has 146 valence electrons. The molecular weight excluding hydrogens is 364 g/mol. The number of hydrogen-bond acceptors (Lipinski definition) is 4. The van der Waals surface area contributed by atoms with E-state index in [0.717, 1.165) is 30.5 Å². The molecule has 1 fully saturated rings. The zero-order valence-corrected chi connectivity index (χ0v) is 16.7. The molecule has 2 heterocycles. The van der Waals surface area contributed by atoms with E-state index < -0.39 is 0 Å². The van der Waals surface area contributed by atoms with Gasteiger partial charge >= 0.3 is 0 Å². The number of piperidine rings is 1. The fourth-order valence-electron chi connectivity index (χ4n) is 3.32. The highest BCUT2D eigenvalue weighted by molar-refractivity contribution is 6.30. The Morgan fingerprint density at radius 2 is 1.96 bits per heavy atom. The van der Waals surface area contributed by atoms with E-state index in [1.54, 1.807) is 24.3 Å². The van der Waals surface area contributed by atoms with Crippen LogP contribution in [0.15, 0.2) is 40.8 Å². The molecule has 1 unspecified atom stereocenters. The van der Waals surface area contributed by atoms with E-state index in [9.17, 15) is 4.79 Å². The van der Waals surface area contributed by atoms with Gasteiger partial charge in [-0.2, -0.15) is 0 Å². The number of carbonyl (C=O) groups excluding carboxylic acids is 1. The number of rotatable bonds is 7. The number of ether oxygens (including phenoxy) is 1. The minimum atomic E-state index is -0.149. The maximum absolute atomic E-state index is 12.2. The molecule has 0 radical (unpaired) electrons. The molecule has 1 N–H and O–H groups in total. The minimum Gasteiger partial charge on any atom is -0.484 e. The maximum Gasteiger partial charge on any atom is 0.258 e. The molecule has 1 amide bonds. The molecule has 1 aliphatic rings. The van der Waals surface area contributed by atoms with Gasteiger partial charge in [-0.05, 0) is 75.2 Å². The summed E-state index contributed by atoms with van der Waals surface area (Å²) < 4.78 is 11.4. The van der Waals surface area contributed by atoms with E-state index in [0.29, 0.717) is 17.3 Å². The summed E-state index contributed by atoms with van der Waals surface area (Å²) in [6, 6.07) is 11.0. The van der Waals surface area contributed by atoms with Gasteiger partial charge in [-0.3, -0.25) is 9.69 Å². The van der Waals surface area contributed by atoms with Crippen LogP contribution in [0.5, 0.6) is 5.75 Å². The van der Waals surface area contributed by atoms with Gasteiger partial charge in [0.25, 0.3) is 5.91 Å². The number of aryl methyl sites for hydroxylation is 1. The zero-order valence-electron chi connectivity index (χ0n) is 15.9. The van der Waals surface area contributed by atoms with Crippen molar-refractivity contribution in [3.05, 3.63) is 52.9 Å². The molecule has 0 saturated carbocycles. The van der Waals surface area contributed by atoms with Crippen LogP contribution in [-0.2, 0) is 4.79 Å². The number of benzene rings is 1. The zero-order chi connectivity index (χ0) is 19.2.